The van der Waals surface area contributed by atoms with Crippen LogP contribution in [-0.2, 0) is 4.79 Å². The molecule has 4 nitrogen and oxygen atoms in total. The van der Waals surface area contributed by atoms with E-state index in [1.807, 2.05) is 36.4 Å². The molecule has 2 aromatic carbocycles. The van der Waals surface area contributed by atoms with Crippen molar-refractivity contribution in [3.8, 4) is 5.75 Å². The molecule has 0 radical (unpaired) electrons. The Kier molecular flexibility index (Phi) is 4.76. The van der Waals surface area contributed by atoms with Gasteiger partial charge >= 0.3 is 0 Å². The van der Waals surface area contributed by atoms with Crippen LogP contribution in [0.5, 0.6) is 5.75 Å². The number of halogens is 1. The van der Waals surface area contributed by atoms with Crippen LogP contribution in [0.1, 0.15) is 0 Å². The van der Waals surface area contributed by atoms with Gasteiger partial charge in [-0.1, -0.05) is 28.1 Å². The summed E-state index contributed by atoms with van der Waals surface area (Å²) < 4.78 is 6.42. The van der Waals surface area contributed by atoms with Crippen LogP contribution in [0.3, 0.4) is 0 Å². The third-order valence-corrected chi connectivity index (χ3v) is 3.07. The Bertz CT molecular complexity index is 586. The maximum Gasteiger partial charge on any atom is 0.258 e. The van der Waals surface area contributed by atoms with Crippen molar-refractivity contribution in [2.75, 3.05) is 19.8 Å². The molecule has 0 aromatic heterocycles. The molecule has 0 atom stereocenters. The van der Waals surface area contributed by atoms with E-state index in [0.29, 0.717) is 5.75 Å². The number of hydrogen-bond acceptors (Lipinski definition) is 3. The van der Waals surface area contributed by atoms with Crippen LogP contribution in [0, 0.1) is 0 Å². The minimum Gasteiger partial charge on any atom is -0.484 e. The summed E-state index contributed by atoms with van der Waals surface area (Å²) in [7, 11) is 0. The Morgan fingerprint density at radius 2 is 1.95 bits per heavy atom. The van der Waals surface area contributed by atoms with Gasteiger partial charge in [-0.3, -0.25) is 4.79 Å². The smallest absolute Gasteiger partial charge is 0.258 e. The number of ether oxygens (including phenoxy) is 1. The summed E-state index contributed by atoms with van der Waals surface area (Å²) in [6.45, 7) is 0.118. The van der Waals surface area contributed by atoms with Crippen LogP contribution in [-0.4, -0.2) is 30.8 Å². The maximum atomic E-state index is 11.3. The number of benzene rings is 2. The van der Waals surface area contributed by atoms with Crippen molar-refractivity contribution in [3.05, 3.63) is 40.9 Å². The predicted octanol–water partition coefficient (Wildman–Crippen LogP) is 2.09. The summed E-state index contributed by atoms with van der Waals surface area (Å²) in [6.07, 6.45) is 0. The van der Waals surface area contributed by atoms with Crippen molar-refractivity contribution in [2.45, 2.75) is 0 Å². The third-order valence-electron chi connectivity index (χ3n) is 2.58. The van der Waals surface area contributed by atoms with E-state index in [9.17, 15) is 4.79 Å². The second-order valence-corrected chi connectivity index (χ2v) is 4.93. The molecule has 0 fully saturated rings. The van der Waals surface area contributed by atoms with E-state index < -0.39 is 0 Å². The highest BCUT2D eigenvalue weighted by atomic mass is 79.9. The van der Waals surface area contributed by atoms with Gasteiger partial charge in [0.1, 0.15) is 5.75 Å². The van der Waals surface area contributed by atoms with Gasteiger partial charge in [0, 0.05) is 11.0 Å². The maximum absolute atomic E-state index is 11.3. The first kappa shape index (κ1) is 13.8. The number of nitrogens with one attached hydrogen (secondary N) is 1. The molecular weight excluding hydrogens is 310 g/mol. The highest BCUT2D eigenvalue weighted by molar-refractivity contribution is 9.10. The van der Waals surface area contributed by atoms with E-state index in [2.05, 4.69) is 21.2 Å². The minimum absolute atomic E-state index is 0.0535. The molecule has 0 bridgehead atoms. The Morgan fingerprint density at radius 3 is 2.74 bits per heavy atom. The molecule has 2 N–H and O–H groups in total. The molecule has 0 heterocycles. The summed E-state index contributed by atoms with van der Waals surface area (Å²) in [5.41, 5.74) is 0. The first-order valence-corrected chi connectivity index (χ1v) is 6.68. The fourth-order valence-corrected chi connectivity index (χ4v) is 2.06. The molecule has 0 aliphatic heterocycles. The molecule has 0 saturated heterocycles. The lowest BCUT2D eigenvalue weighted by Crippen LogP contribution is -2.31. The van der Waals surface area contributed by atoms with Gasteiger partial charge in [0.2, 0.25) is 0 Å². The topological polar surface area (TPSA) is 58.6 Å². The molecule has 19 heavy (non-hydrogen) atoms. The lowest BCUT2D eigenvalue weighted by Gasteiger charge is -2.07. The van der Waals surface area contributed by atoms with Crippen LogP contribution in [0.15, 0.2) is 40.9 Å². The summed E-state index contributed by atoms with van der Waals surface area (Å²) >= 11 is 3.42. The Morgan fingerprint density at radius 1 is 1.21 bits per heavy atom. The van der Waals surface area contributed by atoms with Gasteiger partial charge in [0.15, 0.2) is 6.61 Å². The lowest BCUT2D eigenvalue weighted by atomic mass is 10.1. The molecule has 0 unspecified atom stereocenters. The summed E-state index contributed by atoms with van der Waals surface area (Å²) in [4.78, 5) is 11.3. The van der Waals surface area contributed by atoms with Gasteiger partial charge < -0.3 is 15.2 Å². The number of aliphatic hydroxyl groups excluding tert-OH is 1. The van der Waals surface area contributed by atoms with Crippen LogP contribution in [0.4, 0.5) is 0 Å². The van der Waals surface area contributed by atoms with Crippen molar-refractivity contribution in [1.29, 1.82) is 0 Å². The van der Waals surface area contributed by atoms with Crippen molar-refractivity contribution >= 4 is 32.6 Å². The van der Waals surface area contributed by atoms with Crippen molar-refractivity contribution in [1.82, 2.24) is 5.32 Å². The molecule has 2 rings (SSSR count). The van der Waals surface area contributed by atoms with Crippen LogP contribution in [0.2, 0.25) is 0 Å². The lowest BCUT2D eigenvalue weighted by molar-refractivity contribution is -0.123. The van der Waals surface area contributed by atoms with E-state index in [1.165, 1.54) is 0 Å². The second-order valence-electron chi connectivity index (χ2n) is 4.02. The van der Waals surface area contributed by atoms with Crippen molar-refractivity contribution < 1.29 is 14.6 Å². The standard InChI is InChI=1S/C14H14BrNO3/c15-12-3-1-11-8-13(4-2-10(11)7-12)19-9-14(18)16-5-6-17/h1-4,7-8,17H,5-6,9H2,(H,16,18). The van der Waals surface area contributed by atoms with Gasteiger partial charge in [-0.25, -0.2) is 0 Å². The van der Waals surface area contributed by atoms with Crippen molar-refractivity contribution in [3.63, 3.8) is 0 Å². The quantitative estimate of drug-likeness (QED) is 0.885. The fourth-order valence-electron chi connectivity index (χ4n) is 1.68. The fraction of sp³-hybridized carbons (Fsp3) is 0.214. The Balaban J connectivity index is 2.01. The average Bonchev–Trinajstić information content (AvgIpc) is 2.42. The highest BCUT2D eigenvalue weighted by Crippen LogP contribution is 2.23. The second kappa shape index (κ2) is 6.54. The SMILES string of the molecule is O=C(COc1ccc2cc(Br)ccc2c1)NCCO. The zero-order valence-electron chi connectivity index (χ0n) is 10.2. The number of aliphatic hydroxyl groups is 1. The molecule has 5 heteroatoms. The minimum atomic E-state index is -0.245. The molecular formula is C14H14BrNO3. The summed E-state index contributed by atoms with van der Waals surface area (Å²) in [5, 5.41) is 13.3. The highest BCUT2D eigenvalue weighted by Gasteiger charge is 2.03. The van der Waals surface area contributed by atoms with E-state index in [4.69, 9.17) is 9.84 Å². The summed E-state index contributed by atoms with van der Waals surface area (Å²) in [5.74, 6) is 0.402. The average molecular weight is 324 g/mol. The Hall–Kier alpha value is -1.59. The van der Waals surface area contributed by atoms with Gasteiger partial charge in [-0.2, -0.15) is 0 Å². The number of fused-ring (bicyclic) bond motifs is 1. The Labute approximate surface area is 119 Å². The van der Waals surface area contributed by atoms with Gasteiger partial charge in [-0.15, -0.1) is 0 Å². The van der Waals surface area contributed by atoms with Crippen LogP contribution in [0.25, 0.3) is 10.8 Å². The molecule has 1 amide bonds. The third kappa shape index (κ3) is 3.94. The molecule has 2 aromatic rings. The van der Waals surface area contributed by atoms with E-state index in [0.717, 1.165) is 15.2 Å². The van der Waals surface area contributed by atoms with Crippen LogP contribution < -0.4 is 10.1 Å². The normalized spacial score (nSPS) is 10.4. The first-order valence-electron chi connectivity index (χ1n) is 5.89. The zero-order valence-corrected chi connectivity index (χ0v) is 11.8. The van der Waals surface area contributed by atoms with E-state index in [-0.39, 0.29) is 25.7 Å². The van der Waals surface area contributed by atoms with Gasteiger partial charge in [0.25, 0.3) is 5.91 Å². The van der Waals surface area contributed by atoms with Gasteiger partial charge in [0.05, 0.1) is 6.61 Å². The number of hydrogen-bond donors (Lipinski definition) is 2. The van der Waals surface area contributed by atoms with E-state index in [1.54, 1.807) is 0 Å². The van der Waals surface area contributed by atoms with Crippen molar-refractivity contribution in [2.24, 2.45) is 0 Å². The van der Waals surface area contributed by atoms with Crippen LogP contribution >= 0.6 is 15.9 Å². The largest absolute Gasteiger partial charge is 0.484 e. The molecule has 0 aliphatic carbocycles. The molecule has 0 spiro atoms. The molecule has 0 aliphatic rings. The number of amides is 1. The van der Waals surface area contributed by atoms with Gasteiger partial charge in [-0.05, 0) is 35.0 Å². The number of carbonyl (C=O) groups is 1. The first-order chi connectivity index (χ1) is 9.19. The van der Waals surface area contributed by atoms with E-state index >= 15 is 0 Å². The monoisotopic (exact) mass is 323 g/mol. The zero-order chi connectivity index (χ0) is 13.7. The predicted molar refractivity (Wildman–Crippen MR) is 77.2 cm³/mol. The molecule has 100 valence electrons. The number of carbonyl (C=O) groups excluding carboxylic acids is 1. The number of rotatable bonds is 5. The summed E-state index contributed by atoms with van der Waals surface area (Å²) in [6, 6.07) is 11.6. The molecule has 0 saturated carbocycles.